The number of aryl methyl sites for hydroxylation is 1. The second-order valence-corrected chi connectivity index (χ2v) is 11.7. The van der Waals surface area contributed by atoms with Gasteiger partial charge in [-0.1, -0.05) is 23.7 Å². The molecule has 0 radical (unpaired) electrons. The van der Waals surface area contributed by atoms with Gasteiger partial charge < -0.3 is 30.2 Å². The number of benzene rings is 1. The lowest BCUT2D eigenvalue weighted by Crippen LogP contribution is -2.45. The minimum Gasteiger partial charge on any atom is -0.483 e. The number of fused-ring (bicyclic) bond motifs is 1. The molecule has 2 aliphatic heterocycles. The van der Waals surface area contributed by atoms with Gasteiger partial charge in [0.05, 0.1) is 24.2 Å². The number of likely N-dealkylation sites (N-methyl/N-ethyl adjacent to an activating group) is 1. The number of hydrogen-bond acceptors (Lipinski definition) is 9. The number of aromatic nitrogens is 5. The number of nitrogens with one attached hydrogen (secondary N) is 1. The van der Waals surface area contributed by atoms with Gasteiger partial charge >= 0.3 is 0 Å². The number of anilines is 3. The van der Waals surface area contributed by atoms with Crippen molar-refractivity contribution in [3.05, 3.63) is 65.6 Å². The second kappa shape index (κ2) is 14.2. The SMILES string of the molecule is CN1CCN(CCCn2cc(Nc3nc4c(N5CCC(CO)(c6ccc(Cl)cc6)CC5)cccn4n3)cn2)CC1.O=CO. The first-order chi connectivity index (χ1) is 20.9. The van der Waals surface area contributed by atoms with Crippen molar-refractivity contribution in [3.63, 3.8) is 0 Å². The molecule has 0 amide bonds. The van der Waals surface area contributed by atoms with Gasteiger partial charge in [-0.15, -0.1) is 5.10 Å². The van der Waals surface area contributed by atoms with Crippen molar-refractivity contribution in [1.82, 2.24) is 34.2 Å². The summed E-state index contributed by atoms with van der Waals surface area (Å²) in [5.41, 5.74) is 3.63. The quantitative estimate of drug-likeness (QED) is 0.243. The summed E-state index contributed by atoms with van der Waals surface area (Å²) < 4.78 is 3.81. The normalized spacial score (nSPS) is 17.4. The Kier molecular flexibility index (Phi) is 10.1. The van der Waals surface area contributed by atoms with Crippen molar-refractivity contribution < 1.29 is 15.0 Å². The molecule has 0 unspecified atom stereocenters. The molecule has 230 valence electrons. The topological polar surface area (TPSA) is 127 Å². The molecular weight excluding hydrogens is 570 g/mol. The van der Waals surface area contributed by atoms with Gasteiger partial charge in [-0.3, -0.25) is 9.48 Å². The first-order valence-electron chi connectivity index (χ1n) is 14.7. The van der Waals surface area contributed by atoms with Gasteiger partial charge in [-0.05, 0) is 62.7 Å². The van der Waals surface area contributed by atoms with Crippen LogP contribution in [0.5, 0.6) is 0 Å². The Balaban J connectivity index is 0.00000118. The van der Waals surface area contributed by atoms with Crippen LogP contribution in [0.15, 0.2) is 55.0 Å². The van der Waals surface area contributed by atoms with Gasteiger partial charge in [-0.25, -0.2) is 4.52 Å². The zero-order chi connectivity index (χ0) is 30.2. The summed E-state index contributed by atoms with van der Waals surface area (Å²) in [7, 11) is 2.19. The molecule has 12 nitrogen and oxygen atoms in total. The largest absolute Gasteiger partial charge is 0.483 e. The Hall–Kier alpha value is -3.71. The van der Waals surface area contributed by atoms with E-state index in [0.29, 0.717) is 11.0 Å². The van der Waals surface area contributed by atoms with E-state index in [-0.39, 0.29) is 18.5 Å². The maximum atomic E-state index is 10.4. The van der Waals surface area contributed by atoms with E-state index in [2.05, 4.69) is 43.3 Å². The Labute approximate surface area is 256 Å². The number of nitrogens with zero attached hydrogens (tertiary/aromatic N) is 8. The highest BCUT2D eigenvalue weighted by atomic mass is 35.5. The fourth-order valence-corrected chi connectivity index (χ4v) is 6.04. The van der Waals surface area contributed by atoms with Crippen LogP contribution in [0.25, 0.3) is 5.65 Å². The standard InChI is InChI=1S/C29H38ClN9O.CH2O2/c1-35-16-18-36(19-17-35)11-3-12-38-21-25(20-31-38)32-28-33-27-26(4-2-13-39(27)34-28)37-14-9-29(22-40,10-15-37)23-5-7-24(30)8-6-23;2-1-3/h2,4-8,13,20-21,40H,3,9-12,14-19,22H2,1H3,(H,32,34);1H,(H,2,3). The van der Waals surface area contributed by atoms with Crippen LogP contribution in [0.2, 0.25) is 5.02 Å². The lowest BCUT2D eigenvalue weighted by atomic mass is 9.73. The predicted octanol–water partition coefficient (Wildman–Crippen LogP) is 3.19. The molecule has 0 spiro atoms. The van der Waals surface area contributed by atoms with Crippen molar-refractivity contribution in [2.75, 3.05) is 69.7 Å². The molecule has 2 saturated heterocycles. The summed E-state index contributed by atoms with van der Waals surface area (Å²) in [5, 5.41) is 30.5. The fraction of sp³-hybridized carbons (Fsp3) is 0.467. The maximum Gasteiger partial charge on any atom is 0.290 e. The molecule has 0 atom stereocenters. The Bertz CT molecular complexity index is 1460. The molecule has 3 aromatic heterocycles. The number of hydrogen-bond donors (Lipinski definition) is 3. The molecule has 13 heteroatoms. The van der Waals surface area contributed by atoms with Crippen LogP contribution in [0.4, 0.5) is 17.3 Å². The number of pyridine rings is 1. The molecule has 2 fully saturated rings. The van der Waals surface area contributed by atoms with E-state index >= 15 is 0 Å². The zero-order valence-electron chi connectivity index (χ0n) is 24.5. The molecule has 5 heterocycles. The summed E-state index contributed by atoms with van der Waals surface area (Å²) >= 11 is 6.10. The van der Waals surface area contributed by atoms with Gasteiger partial charge in [0, 0.05) is 68.6 Å². The lowest BCUT2D eigenvalue weighted by molar-refractivity contribution is -0.122. The van der Waals surface area contributed by atoms with E-state index < -0.39 is 0 Å². The average Bonchev–Trinajstić information content (AvgIpc) is 3.65. The molecule has 1 aromatic carbocycles. The summed E-state index contributed by atoms with van der Waals surface area (Å²) in [4.78, 5) is 20.5. The van der Waals surface area contributed by atoms with Crippen molar-refractivity contribution in [1.29, 1.82) is 0 Å². The number of aliphatic hydroxyl groups is 1. The molecular formula is C30H40ClN9O3. The summed E-state index contributed by atoms with van der Waals surface area (Å²) in [6.45, 7) is 8.08. The highest BCUT2D eigenvalue weighted by Gasteiger charge is 2.36. The van der Waals surface area contributed by atoms with Gasteiger partial charge in [0.1, 0.15) is 0 Å². The minimum atomic E-state index is -0.253. The van der Waals surface area contributed by atoms with Gasteiger partial charge in [0.25, 0.3) is 6.47 Å². The van der Waals surface area contributed by atoms with Gasteiger partial charge in [0.15, 0.2) is 5.65 Å². The van der Waals surface area contributed by atoms with Crippen LogP contribution < -0.4 is 10.2 Å². The monoisotopic (exact) mass is 609 g/mol. The molecule has 2 aliphatic rings. The zero-order valence-corrected chi connectivity index (χ0v) is 25.3. The molecule has 0 saturated carbocycles. The summed E-state index contributed by atoms with van der Waals surface area (Å²) in [5.74, 6) is 0.548. The second-order valence-electron chi connectivity index (χ2n) is 11.3. The number of halogens is 1. The van der Waals surface area contributed by atoms with E-state index in [0.717, 1.165) is 94.2 Å². The van der Waals surface area contributed by atoms with E-state index in [1.807, 2.05) is 58.1 Å². The third-order valence-corrected chi connectivity index (χ3v) is 8.76. The number of rotatable bonds is 9. The van der Waals surface area contributed by atoms with Crippen molar-refractivity contribution >= 4 is 41.0 Å². The number of carbonyl (C=O) groups is 1. The average molecular weight is 610 g/mol. The molecule has 0 bridgehead atoms. The Morgan fingerprint density at radius 2 is 1.77 bits per heavy atom. The van der Waals surface area contributed by atoms with E-state index in [1.54, 1.807) is 0 Å². The van der Waals surface area contributed by atoms with E-state index in [9.17, 15) is 5.11 Å². The Morgan fingerprint density at radius 3 is 2.47 bits per heavy atom. The Morgan fingerprint density at radius 1 is 1.05 bits per heavy atom. The van der Waals surface area contributed by atoms with Crippen LogP contribution in [0, 0.1) is 0 Å². The van der Waals surface area contributed by atoms with Crippen LogP contribution in [-0.4, -0.2) is 110 Å². The van der Waals surface area contributed by atoms with E-state index in [4.69, 9.17) is 26.5 Å². The lowest BCUT2D eigenvalue weighted by Gasteiger charge is -2.42. The smallest absolute Gasteiger partial charge is 0.290 e. The number of piperazine rings is 1. The summed E-state index contributed by atoms with van der Waals surface area (Å²) in [6.07, 6.45) is 8.55. The van der Waals surface area contributed by atoms with Crippen LogP contribution in [0.1, 0.15) is 24.8 Å². The predicted molar refractivity (Wildman–Crippen MR) is 167 cm³/mol. The first kappa shape index (κ1) is 30.7. The van der Waals surface area contributed by atoms with Crippen molar-refractivity contribution in [3.8, 4) is 0 Å². The summed E-state index contributed by atoms with van der Waals surface area (Å²) in [6, 6.07) is 12.0. The molecule has 4 aromatic rings. The number of piperidine rings is 1. The molecule has 43 heavy (non-hydrogen) atoms. The fourth-order valence-electron chi connectivity index (χ4n) is 5.92. The molecule has 6 rings (SSSR count). The van der Waals surface area contributed by atoms with Gasteiger partial charge in [-0.2, -0.15) is 10.1 Å². The highest BCUT2D eigenvalue weighted by molar-refractivity contribution is 6.30. The highest BCUT2D eigenvalue weighted by Crippen LogP contribution is 2.38. The van der Waals surface area contributed by atoms with Gasteiger partial charge in [0.2, 0.25) is 5.95 Å². The third-order valence-electron chi connectivity index (χ3n) is 8.51. The molecule has 3 N–H and O–H groups in total. The van der Waals surface area contributed by atoms with Crippen molar-refractivity contribution in [2.24, 2.45) is 0 Å². The van der Waals surface area contributed by atoms with E-state index in [1.165, 1.54) is 0 Å². The number of aliphatic hydroxyl groups excluding tert-OH is 1. The van der Waals surface area contributed by atoms with Crippen LogP contribution >= 0.6 is 11.6 Å². The number of carboxylic acid groups (broad SMARTS) is 1. The minimum absolute atomic E-state index is 0.120. The van der Waals surface area contributed by atoms with Crippen molar-refractivity contribution in [2.45, 2.75) is 31.2 Å². The maximum absolute atomic E-state index is 10.4. The molecule has 0 aliphatic carbocycles. The van der Waals surface area contributed by atoms with Crippen LogP contribution in [-0.2, 0) is 16.8 Å². The van der Waals surface area contributed by atoms with Crippen LogP contribution in [0.3, 0.4) is 0 Å². The first-order valence-corrected chi connectivity index (χ1v) is 15.1. The third kappa shape index (κ3) is 7.45.